The van der Waals surface area contributed by atoms with Gasteiger partial charge in [-0.25, -0.2) is 8.42 Å². The summed E-state index contributed by atoms with van der Waals surface area (Å²) in [5.41, 5.74) is 0.845. The number of piperidine rings is 1. The van der Waals surface area contributed by atoms with Gasteiger partial charge in [0.2, 0.25) is 15.9 Å². The number of aliphatic carboxylic acids is 2. The minimum atomic E-state index is -3.67. The van der Waals surface area contributed by atoms with Crippen molar-refractivity contribution in [2.75, 3.05) is 24.2 Å². The number of sulfonamides is 1. The first-order valence-corrected chi connectivity index (χ1v) is 11.6. The average molecular weight is 445 g/mol. The molecule has 29 heavy (non-hydrogen) atoms. The molecule has 0 aliphatic carbocycles. The van der Waals surface area contributed by atoms with Crippen molar-refractivity contribution >= 4 is 45.3 Å². The number of rotatable bonds is 9. The number of anilines is 1. The van der Waals surface area contributed by atoms with Crippen molar-refractivity contribution in [3.63, 3.8) is 0 Å². The second kappa shape index (κ2) is 10.1. The molecule has 160 valence electrons. The molecular weight excluding hydrogens is 420 g/mol. The van der Waals surface area contributed by atoms with Crippen molar-refractivity contribution in [2.45, 2.75) is 42.8 Å². The van der Waals surface area contributed by atoms with E-state index in [2.05, 4.69) is 5.32 Å². The fraction of sp³-hybridized carbons (Fsp3) is 0.500. The van der Waals surface area contributed by atoms with Gasteiger partial charge in [0.1, 0.15) is 5.25 Å². The van der Waals surface area contributed by atoms with Crippen LogP contribution in [0.4, 0.5) is 5.69 Å². The molecule has 3 N–H and O–H groups in total. The molecule has 1 unspecified atom stereocenters. The van der Waals surface area contributed by atoms with Gasteiger partial charge in [0.15, 0.2) is 0 Å². The van der Waals surface area contributed by atoms with Crippen molar-refractivity contribution in [3.05, 3.63) is 23.8 Å². The molecule has 0 bridgehead atoms. The number of carbonyl (C=O) groups excluding carboxylic acids is 1. The summed E-state index contributed by atoms with van der Waals surface area (Å²) in [6, 6.07) is 4.57. The molecular formula is C18H24N2O7S2. The van der Waals surface area contributed by atoms with Gasteiger partial charge in [0.05, 0.1) is 17.1 Å². The van der Waals surface area contributed by atoms with Crippen LogP contribution in [0.1, 0.15) is 31.2 Å². The maximum atomic E-state index is 12.9. The van der Waals surface area contributed by atoms with E-state index in [0.717, 1.165) is 19.3 Å². The normalized spacial score (nSPS) is 16.2. The third-order valence-electron chi connectivity index (χ3n) is 4.46. The number of carbonyl (C=O) groups is 3. The largest absolute Gasteiger partial charge is 0.481 e. The van der Waals surface area contributed by atoms with E-state index in [4.69, 9.17) is 10.2 Å². The molecule has 0 radical (unpaired) electrons. The van der Waals surface area contributed by atoms with Crippen LogP contribution in [-0.4, -0.2) is 64.9 Å². The van der Waals surface area contributed by atoms with Crippen LogP contribution in [0.15, 0.2) is 23.1 Å². The Balaban J connectivity index is 2.08. The molecule has 2 rings (SSSR count). The second-order valence-corrected chi connectivity index (χ2v) is 9.83. The van der Waals surface area contributed by atoms with Gasteiger partial charge in [0.25, 0.3) is 0 Å². The van der Waals surface area contributed by atoms with Crippen LogP contribution in [-0.2, 0) is 24.4 Å². The Morgan fingerprint density at radius 2 is 1.83 bits per heavy atom. The Morgan fingerprint density at radius 3 is 2.41 bits per heavy atom. The molecule has 1 fully saturated rings. The van der Waals surface area contributed by atoms with Crippen LogP contribution < -0.4 is 5.32 Å². The van der Waals surface area contributed by atoms with Crippen molar-refractivity contribution in [1.82, 2.24) is 4.31 Å². The van der Waals surface area contributed by atoms with Crippen LogP contribution in [0.5, 0.6) is 0 Å². The molecule has 11 heteroatoms. The molecule has 1 amide bonds. The molecule has 0 saturated carbocycles. The summed E-state index contributed by atoms with van der Waals surface area (Å²) < 4.78 is 27.3. The molecule has 0 aromatic heterocycles. The number of nitrogens with one attached hydrogen (secondary N) is 1. The van der Waals surface area contributed by atoms with Gasteiger partial charge < -0.3 is 15.5 Å². The maximum Gasteiger partial charge on any atom is 0.317 e. The first-order valence-electron chi connectivity index (χ1n) is 9.08. The van der Waals surface area contributed by atoms with E-state index in [9.17, 15) is 22.8 Å². The van der Waals surface area contributed by atoms with Gasteiger partial charge in [-0.05, 0) is 37.5 Å². The zero-order valence-electron chi connectivity index (χ0n) is 16.0. The first-order chi connectivity index (χ1) is 13.6. The van der Waals surface area contributed by atoms with Crippen LogP contribution in [0.25, 0.3) is 0 Å². The summed E-state index contributed by atoms with van der Waals surface area (Å²) >= 11 is 0.702. The van der Waals surface area contributed by atoms with Gasteiger partial charge in [0, 0.05) is 18.8 Å². The Labute approximate surface area is 173 Å². The minimum Gasteiger partial charge on any atom is -0.481 e. The zero-order valence-corrected chi connectivity index (χ0v) is 17.6. The van der Waals surface area contributed by atoms with E-state index in [0.29, 0.717) is 30.4 Å². The summed E-state index contributed by atoms with van der Waals surface area (Å²) in [6.07, 6.45) is 2.02. The number of aryl methyl sites for hydroxylation is 1. The zero-order chi connectivity index (χ0) is 21.6. The van der Waals surface area contributed by atoms with Gasteiger partial charge in [-0.3, -0.25) is 14.4 Å². The van der Waals surface area contributed by atoms with Crippen molar-refractivity contribution in [1.29, 1.82) is 0 Å². The molecule has 0 spiro atoms. The van der Waals surface area contributed by atoms with E-state index in [-0.39, 0.29) is 16.3 Å². The smallest absolute Gasteiger partial charge is 0.317 e. The second-order valence-electron chi connectivity index (χ2n) is 6.73. The summed E-state index contributed by atoms with van der Waals surface area (Å²) in [4.78, 5) is 34.0. The Morgan fingerprint density at radius 1 is 1.17 bits per heavy atom. The fourth-order valence-corrected chi connectivity index (χ4v) is 5.55. The summed E-state index contributed by atoms with van der Waals surface area (Å²) in [7, 11) is -3.67. The number of amides is 1. The third-order valence-corrected chi connectivity index (χ3v) is 7.70. The number of thioether (sulfide) groups is 1. The fourth-order valence-electron chi connectivity index (χ4n) is 2.95. The first kappa shape index (κ1) is 23.2. The van der Waals surface area contributed by atoms with Crippen molar-refractivity contribution in [3.8, 4) is 0 Å². The maximum absolute atomic E-state index is 12.9. The highest BCUT2D eigenvalue weighted by Gasteiger charge is 2.28. The van der Waals surface area contributed by atoms with Crippen LogP contribution >= 0.6 is 11.8 Å². The van der Waals surface area contributed by atoms with Gasteiger partial charge >= 0.3 is 11.9 Å². The highest BCUT2D eigenvalue weighted by atomic mass is 32.2. The van der Waals surface area contributed by atoms with Gasteiger partial charge in [-0.2, -0.15) is 4.31 Å². The summed E-state index contributed by atoms with van der Waals surface area (Å²) in [5.74, 6) is -3.39. The lowest BCUT2D eigenvalue weighted by Gasteiger charge is -2.26. The number of benzene rings is 1. The monoisotopic (exact) mass is 444 g/mol. The molecule has 9 nitrogen and oxygen atoms in total. The lowest BCUT2D eigenvalue weighted by Crippen LogP contribution is -2.36. The van der Waals surface area contributed by atoms with E-state index in [1.54, 1.807) is 19.1 Å². The molecule has 1 aromatic rings. The highest BCUT2D eigenvalue weighted by Crippen LogP contribution is 2.26. The molecule has 1 aromatic carbocycles. The molecule has 1 heterocycles. The molecule has 1 saturated heterocycles. The Bertz CT molecular complexity index is 880. The average Bonchev–Trinajstić information content (AvgIpc) is 2.66. The number of nitrogens with zero attached hydrogens (tertiary/aromatic N) is 1. The predicted octanol–water partition coefficient (Wildman–Crippen LogP) is 1.77. The molecule has 1 aliphatic heterocycles. The number of carboxylic acid groups (broad SMARTS) is 2. The van der Waals surface area contributed by atoms with Crippen LogP contribution in [0.2, 0.25) is 0 Å². The number of carboxylic acids is 2. The van der Waals surface area contributed by atoms with Gasteiger partial charge in [-0.15, -0.1) is 11.8 Å². The van der Waals surface area contributed by atoms with Crippen LogP contribution in [0, 0.1) is 6.92 Å². The summed E-state index contributed by atoms with van der Waals surface area (Å²) in [5, 5.41) is 19.1. The number of hydrogen-bond acceptors (Lipinski definition) is 6. The lowest BCUT2D eigenvalue weighted by molar-refractivity contribution is -0.142. The number of hydrogen-bond donors (Lipinski definition) is 3. The quantitative estimate of drug-likeness (QED) is 0.523. The van der Waals surface area contributed by atoms with E-state index < -0.39 is 39.5 Å². The Hall–Kier alpha value is -2.11. The van der Waals surface area contributed by atoms with E-state index in [1.165, 1.54) is 10.4 Å². The summed E-state index contributed by atoms with van der Waals surface area (Å²) in [6.45, 7) is 2.62. The standard InChI is InChI=1S/C18H24N2O7S2/c1-12-5-6-13(9-15(12)29(26,27)20-7-3-2-4-8-20)19-16(21)11-28-14(18(24)25)10-17(22)23/h5-6,9,14H,2-4,7-8,10-11H2,1H3,(H,19,21)(H,22,23)(H,24,25). The predicted molar refractivity (Wildman–Crippen MR) is 109 cm³/mol. The highest BCUT2D eigenvalue weighted by molar-refractivity contribution is 8.01. The molecule has 1 atom stereocenters. The van der Waals surface area contributed by atoms with Crippen molar-refractivity contribution < 1.29 is 33.0 Å². The third kappa shape index (κ3) is 6.44. The van der Waals surface area contributed by atoms with Crippen LogP contribution in [0.3, 0.4) is 0 Å². The van der Waals surface area contributed by atoms with Gasteiger partial charge in [-0.1, -0.05) is 12.5 Å². The van der Waals surface area contributed by atoms with Crippen molar-refractivity contribution in [2.24, 2.45) is 0 Å². The SMILES string of the molecule is Cc1ccc(NC(=O)CSC(CC(=O)O)C(=O)O)cc1S(=O)(=O)N1CCCCC1. The topological polar surface area (TPSA) is 141 Å². The van der Waals surface area contributed by atoms with E-state index >= 15 is 0 Å². The lowest BCUT2D eigenvalue weighted by atomic mass is 10.2. The molecule has 1 aliphatic rings. The Kier molecular flexibility index (Phi) is 8.05. The minimum absolute atomic E-state index is 0.124. The van der Waals surface area contributed by atoms with E-state index in [1.807, 2.05) is 0 Å².